The van der Waals surface area contributed by atoms with Gasteiger partial charge in [0, 0.05) is 24.8 Å². The van der Waals surface area contributed by atoms with E-state index in [1.54, 1.807) is 7.11 Å². The number of nitriles is 1. The van der Waals surface area contributed by atoms with Crippen molar-refractivity contribution in [3.8, 4) is 11.9 Å². The fraction of sp³-hybridized carbons (Fsp3) is 0.579. The standard InChI is InChI=1S/C19H27N5OS/c1-25-17-13-15(3-4-16(17)23-18(26-2)22-14-20)24-11-7-19(8-12-24)5-9-21-10-6-19/h3-4,13,21H,5-12H2,1-2H3,(H,22,23). The molecule has 140 valence electrons. The fourth-order valence-corrected chi connectivity index (χ4v) is 4.27. The summed E-state index contributed by atoms with van der Waals surface area (Å²) in [5.74, 6) is 0.732. The molecule has 0 radical (unpaired) electrons. The number of amidine groups is 1. The van der Waals surface area contributed by atoms with Crippen LogP contribution in [0.4, 0.5) is 11.4 Å². The second-order valence-corrected chi connectivity index (χ2v) is 7.75. The highest BCUT2D eigenvalue weighted by molar-refractivity contribution is 8.13. The van der Waals surface area contributed by atoms with Crippen molar-refractivity contribution < 1.29 is 4.74 Å². The molecule has 0 amide bonds. The Morgan fingerprint density at radius 3 is 2.65 bits per heavy atom. The molecule has 0 bridgehead atoms. The Hall–Kier alpha value is -1.91. The lowest BCUT2D eigenvalue weighted by molar-refractivity contribution is 0.155. The summed E-state index contributed by atoms with van der Waals surface area (Å²) in [6.45, 7) is 4.51. The number of methoxy groups -OCH3 is 1. The first-order valence-corrected chi connectivity index (χ1v) is 10.3. The number of piperidine rings is 2. The number of rotatable bonds is 3. The van der Waals surface area contributed by atoms with Crippen molar-refractivity contribution in [2.75, 3.05) is 44.4 Å². The minimum Gasteiger partial charge on any atom is -0.494 e. The van der Waals surface area contributed by atoms with Crippen LogP contribution in [0.1, 0.15) is 25.7 Å². The molecule has 2 heterocycles. The van der Waals surface area contributed by atoms with E-state index in [1.807, 2.05) is 18.5 Å². The van der Waals surface area contributed by atoms with E-state index in [2.05, 4.69) is 32.7 Å². The van der Waals surface area contributed by atoms with Crippen LogP contribution in [0.3, 0.4) is 0 Å². The lowest BCUT2D eigenvalue weighted by Gasteiger charge is -2.45. The molecule has 0 saturated carbocycles. The minimum atomic E-state index is 0.548. The van der Waals surface area contributed by atoms with Crippen LogP contribution in [0.5, 0.6) is 5.75 Å². The Bertz CT molecular complexity index is 684. The van der Waals surface area contributed by atoms with Gasteiger partial charge in [0.2, 0.25) is 0 Å². The Labute approximate surface area is 160 Å². The van der Waals surface area contributed by atoms with E-state index >= 15 is 0 Å². The van der Waals surface area contributed by atoms with Crippen molar-refractivity contribution in [2.24, 2.45) is 10.4 Å². The number of ether oxygens (including phenoxy) is 1. The third-order valence-electron chi connectivity index (χ3n) is 5.59. The topological polar surface area (TPSA) is 72.7 Å². The maximum absolute atomic E-state index is 8.79. The summed E-state index contributed by atoms with van der Waals surface area (Å²) in [5, 5.41) is 15.4. The van der Waals surface area contributed by atoms with Crippen LogP contribution < -0.4 is 20.3 Å². The monoisotopic (exact) mass is 373 g/mol. The molecule has 2 aliphatic rings. The van der Waals surface area contributed by atoms with Gasteiger partial charge < -0.3 is 15.0 Å². The molecule has 1 aromatic rings. The van der Waals surface area contributed by atoms with Gasteiger partial charge in [-0.3, -0.25) is 5.32 Å². The highest BCUT2D eigenvalue weighted by atomic mass is 32.2. The lowest BCUT2D eigenvalue weighted by atomic mass is 9.71. The number of nitrogens with zero attached hydrogens (tertiary/aromatic N) is 3. The molecule has 1 spiro atoms. The van der Waals surface area contributed by atoms with Gasteiger partial charge in [-0.1, -0.05) is 11.8 Å². The summed E-state index contributed by atoms with van der Waals surface area (Å²) < 4.78 is 5.55. The van der Waals surface area contributed by atoms with Gasteiger partial charge in [-0.25, -0.2) is 4.99 Å². The van der Waals surface area contributed by atoms with E-state index in [0.717, 1.165) is 37.6 Å². The molecule has 1 aromatic carbocycles. The third-order valence-corrected chi connectivity index (χ3v) is 6.17. The summed E-state index contributed by atoms with van der Waals surface area (Å²) in [6.07, 6.45) is 8.94. The average molecular weight is 374 g/mol. The van der Waals surface area contributed by atoms with E-state index in [9.17, 15) is 0 Å². The van der Waals surface area contributed by atoms with E-state index < -0.39 is 0 Å². The van der Waals surface area contributed by atoms with Crippen molar-refractivity contribution in [2.45, 2.75) is 25.7 Å². The summed E-state index contributed by atoms with van der Waals surface area (Å²) >= 11 is 1.40. The molecule has 2 fully saturated rings. The number of benzene rings is 1. The predicted molar refractivity (Wildman–Crippen MR) is 108 cm³/mol. The number of thioether (sulfide) groups is 1. The zero-order valence-corrected chi connectivity index (χ0v) is 16.4. The first-order chi connectivity index (χ1) is 12.7. The zero-order valence-electron chi connectivity index (χ0n) is 15.5. The van der Waals surface area contributed by atoms with E-state index in [4.69, 9.17) is 10.00 Å². The van der Waals surface area contributed by atoms with Gasteiger partial charge in [0.05, 0.1) is 7.11 Å². The van der Waals surface area contributed by atoms with Crippen LogP contribution >= 0.6 is 11.8 Å². The average Bonchev–Trinajstić information content (AvgIpc) is 2.69. The molecule has 2 saturated heterocycles. The van der Waals surface area contributed by atoms with Gasteiger partial charge in [-0.2, -0.15) is 5.26 Å². The van der Waals surface area contributed by atoms with E-state index in [-0.39, 0.29) is 0 Å². The SMILES string of the molecule is COc1cc(N2CCC3(CCNCC3)CC2)ccc1N=C(NC#N)SC. The normalized spacial score (nSPS) is 19.9. The second kappa shape index (κ2) is 8.65. The van der Waals surface area contributed by atoms with Crippen LogP contribution in [-0.2, 0) is 0 Å². The quantitative estimate of drug-likeness (QED) is 0.367. The van der Waals surface area contributed by atoms with Crippen LogP contribution in [-0.4, -0.2) is 44.7 Å². The van der Waals surface area contributed by atoms with Gasteiger partial charge in [0.25, 0.3) is 0 Å². The van der Waals surface area contributed by atoms with Gasteiger partial charge in [-0.15, -0.1) is 0 Å². The molecule has 0 aliphatic carbocycles. The molecular formula is C19H27N5OS. The van der Waals surface area contributed by atoms with Crippen LogP contribution in [0.2, 0.25) is 0 Å². The summed E-state index contributed by atoms with van der Waals surface area (Å²) in [7, 11) is 1.66. The molecule has 6 nitrogen and oxygen atoms in total. The van der Waals surface area contributed by atoms with Gasteiger partial charge in [0.15, 0.2) is 11.4 Å². The fourth-order valence-electron chi connectivity index (χ4n) is 3.93. The Morgan fingerprint density at radius 2 is 2.04 bits per heavy atom. The second-order valence-electron chi connectivity index (χ2n) is 6.95. The van der Waals surface area contributed by atoms with Crippen LogP contribution in [0.25, 0.3) is 0 Å². The number of anilines is 1. The number of nitrogens with one attached hydrogen (secondary N) is 2. The number of aliphatic imine (C=N–C) groups is 1. The van der Waals surface area contributed by atoms with Crippen molar-refractivity contribution in [3.63, 3.8) is 0 Å². The smallest absolute Gasteiger partial charge is 0.183 e. The minimum absolute atomic E-state index is 0.548. The molecule has 7 heteroatoms. The van der Waals surface area contributed by atoms with Gasteiger partial charge >= 0.3 is 0 Å². The Kier molecular flexibility index (Phi) is 6.28. The molecule has 0 atom stereocenters. The van der Waals surface area contributed by atoms with Gasteiger partial charge in [-0.05, 0) is 62.6 Å². The molecule has 2 aliphatic heterocycles. The highest BCUT2D eigenvalue weighted by Gasteiger charge is 2.35. The predicted octanol–water partition coefficient (Wildman–Crippen LogP) is 3.09. The van der Waals surface area contributed by atoms with Crippen molar-refractivity contribution in [1.29, 1.82) is 5.26 Å². The van der Waals surface area contributed by atoms with Crippen LogP contribution in [0, 0.1) is 16.9 Å². The van der Waals surface area contributed by atoms with Crippen molar-refractivity contribution in [3.05, 3.63) is 18.2 Å². The molecular weight excluding hydrogens is 346 g/mol. The van der Waals surface area contributed by atoms with Crippen molar-refractivity contribution >= 4 is 28.3 Å². The molecule has 0 unspecified atom stereocenters. The Morgan fingerprint density at radius 1 is 1.31 bits per heavy atom. The molecule has 26 heavy (non-hydrogen) atoms. The number of hydrogen-bond acceptors (Lipinski definition) is 6. The van der Waals surface area contributed by atoms with E-state index in [1.165, 1.54) is 43.1 Å². The first-order valence-electron chi connectivity index (χ1n) is 9.11. The third kappa shape index (κ3) is 4.25. The molecule has 0 aromatic heterocycles. The maximum Gasteiger partial charge on any atom is 0.183 e. The summed E-state index contributed by atoms with van der Waals surface area (Å²) in [4.78, 5) is 6.94. The Balaban J connectivity index is 1.73. The summed E-state index contributed by atoms with van der Waals surface area (Å²) in [6, 6.07) is 6.13. The summed E-state index contributed by atoms with van der Waals surface area (Å²) in [5.41, 5.74) is 2.46. The molecule has 2 N–H and O–H groups in total. The molecule has 3 rings (SSSR count). The zero-order chi connectivity index (χ0) is 18.4. The van der Waals surface area contributed by atoms with E-state index in [0.29, 0.717) is 10.6 Å². The largest absolute Gasteiger partial charge is 0.494 e. The lowest BCUT2D eigenvalue weighted by Crippen LogP contribution is -2.45. The highest BCUT2D eigenvalue weighted by Crippen LogP contribution is 2.41. The van der Waals surface area contributed by atoms with Crippen LogP contribution in [0.15, 0.2) is 23.2 Å². The first kappa shape index (κ1) is 18.9. The maximum atomic E-state index is 8.79. The number of hydrogen-bond donors (Lipinski definition) is 2. The van der Waals surface area contributed by atoms with Crippen molar-refractivity contribution in [1.82, 2.24) is 10.6 Å². The van der Waals surface area contributed by atoms with Gasteiger partial charge in [0.1, 0.15) is 11.4 Å².